The van der Waals surface area contributed by atoms with Crippen LogP contribution >= 0.6 is 11.3 Å². The summed E-state index contributed by atoms with van der Waals surface area (Å²) in [6.07, 6.45) is 1.89. The van der Waals surface area contributed by atoms with E-state index in [0.29, 0.717) is 12.4 Å². The van der Waals surface area contributed by atoms with E-state index in [0.717, 1.165) is 29.2 Å². The van der Waals surface area contributed by atoms with Gasteiger partial charge in [0.25, 0.3) is 0 Å². The standard InChI is InChI=1S/C19H20N2O2S/c1-13-16(21-18(23-13)17-7-4-10-24-17)11-20-19(12-22)9-8-14-5-2-3-6-15(14)19/h2-7,10,20,22H,8-9,11-12H2,1H3. The molecule has 3 aromatic rings. The quantitative estimate of drug-likeness (QED) is 0.744. The highest BCUT2D eigenvalue weighted by Crippen LogP contribution is 2.37. The molecular formula is C19H20N2O2S. The monoisotopic (exact) mass is 340 g/mol. The molecule has 2 aromatic heterocycles. The lowest BCUT2D eigenvalue weighted by atomic mass is 9.92. The van der Waals surface area contributed by atoms with Crippen molar-refractivity contribution in [3.63, 3.8) is 0 Å². The van der Waals surface area contributed by atoms with Crippen LogP contribution in [0, 0.1) is 6.92 Å². The summed E-state index contributed by atoms with van der Waals surface area (Å²) >= 11 is 1.62. The van der Waals surface area contributed by atoms with Crippen LogP contribution in [-0.4, -0.2) is 16.7 Å². The van der Waals surface area contributed by atoms with Crippen LogP contribution in [0.4, 0.5) is 0 Å². The van der Waals surface area contributed by atoms with Gasteiger partial charge < -0.3 is 9.52 Å². The summed E-state index contributed by atoms with van der Waals surface area (Å²) in [5.74, 6) is 1.49. The number of aliphatic hydroxyl groups excluding tert-OH is 1. The van der Waals surface area contributed by atoms with Gasteiger partial charge in [-0.05, 0) is 42.3 Å². The summed E-state index contributed by atoms with van der Waals surface area (Å²) in [6, 6.07) is 12.3. The van der Waals surface area contributed by atoms with E-state index in [9.17, 15) is 5.11 Å². The Balaban J connectivity index is 1.57. The van der Waals surface area contributed by atoms with Gasteiger partial charge in [-0.1, -0.05) is 30.3 Å². The Morgan fingerprint density at radius 3 is 2.96 bits per heavy atom. The molecule has 0 saturated heterocycles. The van der Waals surface area contributed by atoms with Crippen molar-refractivity contribution >= 4 is 11.3 Å². The molecule has 0 amide bonds. The number of aryl methyl sites for hydroxylation is 2. The lowest BCUT2D eigenvalue weighted by Gasteiger charge is -2.29. The zero-order valence-corrected chi connectivity index (χ0v) is 14.4. The van der Waals surface area contributed by atoms with Crippen molar-refractivity contribution in [3.05, 3.63) is 64.4 Å². The first-order chi connectivity index (χ1) is 11.7. The van der Waals surface area contributed by atoms with Crippen LogP contribution < -0.4 is 5.32 Å². The van der Waals surface area contributed by atoms with E-state index in [1.807, 2.05) is 30.5 Å². The van der Waals surface area contributed by atoms with Gasteiger partial charge in [0, 0.05) is 6.54 Å². The third-order valence-electron chi connectivity index (χ3n) is 4.84. The van der Waals surface area contributed by atoms with Crippen LogP contribution in [0.25, 0.3) is 10.8 Å². The van der Waals surface area contributed by atoms with Gasteiger partial charge in [-0.3, -0.25) is 5.32 Å². The zero-order valence-electron chi connectivity index (χ0n) is 13.6. The Labute approximate surface area is 145 Å². The second kappa shape index (κ2) is 6.16. The molecule has 0 saturated carbocycles. The van der Waals surface area contributed by atoms with E-state index in [-0.39, 0.29) is 12.1 Å². The maximum Gasteiger partial charge on any atom is 0.236 e. The van der Waals surface area contributed by atoms with Gasteiger partial charge in [0.1, 0.15) is 5.76 Å². The number of thiophene rings is 1. The number of oxazole rings is 1. The highest BCUT2D eigenvalue weighted by atomic mass is 32.1. The number of fused-ring (bicyclic) bond motifs is 1. The minimum atomic E-state index is -0.384. The number of hydrogen-bond donors (Lipinski definition) is 2. The Bertz CT molecular complexity index is 841. The number of hydrogen-bond acceptors (Lipinski definition) is 5. The van der Waals surface area contributed by atoms with Crippen molar-refractivity contribution in [2.45, 2.75) is 31.8 Å². The lowest BCUT2D eigenvalue weighted by Crippen LogP contribution is -2.43. The van der Waals surface area contributed by atoms with Gasteiger partial charge in [-0.25, -0.2) is 4.98 Å². The molecule has 0 radical (unpaired) electrons. The SMILES string of the molecule is Cc1oc(-c2cccs2)nc1CNC1(CO)CCc2ccccc21. The van der Waals surface area contributed by atoms with Crippen LogP contribution in [0.5, 0.6) is 0 Å². The molecule has 5 heteroatoms. The van der Waals surface area contributed by atoms with E-state index in [2.05, 4.69) is 28.5 Å². The van der Waals surface area contributed by atoms with Gasteiger partial charge in [0.2, 0.25) is 5.89 Å². The van der Waals surface area contributed by atoms with Crippen molar-refractivity contribution in [2.24, 2.45) is 0 Å². The topological polar surface area (TPSA) is 58.3 Å². The molecule has 2 heterocycles. The third-order valence-corrected chi connectivity index (χ3v) is 5.70. The largest absolute Gasteiger partial charge is 0.440 e. The zero-order chi connectivity index (χ0) is 16.6. The summed E-state index contributed by atoms with van der Waals surface area (Å²) in [6.45, 7) is 2.60. The number of rotatable bonds is 5. The van der Waals surface area contributed by atoms with Crippen LogP contribution in [0.2, 0.25) is 0 Å². The fourth-order valence-corrected chi connectivity index (χ4v) is 4.09. The van der Waals surface area contributed by atoms with Gasteiger partial charge in [0.15, 0.2) is 0 Å². The Kier molecular flexibility index (Phi) is 4.00. The van der Waals surface area contributed by atoms with Crippen molar-refractivity contribution in [1.29, 1.82) is 0 Å². The Morgan fingerprint density at radius 1 is 1.29 bits per heavy atom. The molecule has 4 rings (SSSR count). The second-order valence-corrected chi connectivity index (χ2v) is 7.20. The average Bonchev–Trinajstić information content (AvgIpc) is 3.32. The van der Waals surface area contributed by atoms with E-state index in [4.69, 9.17) is 4.42 Å². The van der Waals surface area contributed by atoms with E-state index < -0.39 is 0 Å². The minimum absolute atomic E-state index is 0.0820. The molecule has 0 fully saturated rings. The Morgan fingerprint density at radius 2 is 2.17 bits per heavy atom. The molecule has 2 N–H and O–H groups in total. The number of aromatic nitrogens is 1. The van der Waals surface area contributed by atoms with Crippen LogP contribution in [0.1, 0.15) is 29.0 Å². The second-order valence-electron chi connectivity index (χ2n) is 6.25. The first kappa shape index (κ1) is 15.6. The van der Waals surface area contributed by atoms with E-state index in [1.54, 1.807) is 11.3 Å². The van der Waals surface area contributed by atoms with Crippen LogP contribution in [0.3, 0.4) is 0 Å². The van der Waals surface area contributed by atoms with E-state index in [1.165, 1.54) is 11.1 Å². The molecule has 1 aromatic carbocycles. The Hall–Kier alpha value is -1.95. The van der Waals surface area contributed by atoms with Crippen LogP contribution in [0.15, 0.2) is 46.2 Å². The average molecular weight is 340 g/mol. The number of nitrogens with zero attached hydrogens (tertiary/aromatic N) is 1. The summed E-state index contributed by atoms with van der Waals surface area (Å²) < 4.78 is 5.81. The van der Waals surface area contributed by atoms with Gasteiger partial charge in [-0.2, -0.15) is 0 Å². The summed E-state index contributed by atoms with van der Waals surface area (Å²) in [5.41, 5.74) is 3.03. The van der Waals surface area contributed by atoms with Crippen molar-refractivity contribution < 1.29 is 9.52 Å². The molecule has 1 aliphatic rings. The number of benzene rings is 1. The van der Waals surface area contributed by atoms with Gasteiger partial charge in [0.05, 0.1) is 22.7 Å². The number of aliphatic hydroxyl groups is 1. The molecule has 1 unspecified atom stereocenters. The van der Waals surface area contributed by atoms with Crippen molar-refractivity contribution in [2.75, 3.05) is 6.61 Å². The maximum atomic E-state index is 10.1. The molecule has 1 atom stereocenters. The molecule has 1 aliphatic carbocycles. The summed E-state index contributed by atoms with van der Waals surface area (Å²) in [4.78, 5) is 5.67. The van der Waals surface area contributed by atoms with Crippen molar-refractivity contribution in [1.82, 2.24) is 10.3 Å². The summed E-state index contributed by atoms with van der Waals surface area (Å²) in [7, 11) is 0. The molecule has 124 valence electrons. The molecular weight excluding hydrogens is 320 g/mol. The van der Waals surface area contributed by atoms with Gasteiger partial charge >= 0.3 is 0 Å². The summed E-state index contributed by atoms with van der Waals surface area (Å²) in [5, 5.41) is 15.6. The highest BCUT2D eigenvalue weighted by molar-refractivity contribution is 7.13. The fourth-order valence-electron chi connectivity index (χ4n) is 3.44. The highest BCUT2D eigenvalue weighted by Gasteiger charge is 2.37. The van der Waals surface area contributed by atoms with E-state index >= 15 is 0 Å². The molecule has 4 nitrogen and oxygen atoms in total. The fraction of sp³-hybridized carbons (Fsp3) is 0.316. The third kappa shape index (κ3) is 2.59. The maximum absolute atomic E-state index is 10.1. The predicted octanol–water partition coefficient (Wildman–Crippen LogP) is 3.64. The molecule has 0 aliphatic heterocycles. The van der Waals surface area contributed by atoms with Crippen molar-refractivity contribution in [3.8, 4) is 10.8 Å². The van der Waals surface area contributed by atoms with Gasteiger partial charge in [-0.15, -0.1) is 11.3 Å². The molecule has 0 spiro atoms. The predicted molar refractivity (Wildman–Crippen MR) is 94.9 cm³/mol. The first-order valence-electron chi connectivity index (χ1n) is 8.16. The number of nitrogens with one attached hydrogen (secondary N) is 1. The first-order valence-corrected chi connectivity index (χ1v) is 9.04. The normalized spacial score (nSPS) is 19.6. The lowest BCUT2D eigenvalue weighted by molar-refractivity contribution is 0.158. The minimum Gasteiger partial charge on any atom is -0.440 e. The molecule has 0 bridgehead atoms. The molecule has 24 heavy (non-hydrogen) atoms. The smallest absolute Gasteiger partial charge is 0.236 e. The van der Waals surface area contributed by atoms with Crippen LogP contribution in [-0.2, 0) is 18.5 Å².